The van der Waals surface area contributed by atoms with Crippen LogP contribution in [0.25, 0.3) is 0 Å². The van der Waals surface area contributed by atoms with E-state index in [1.54, 1.807) is 12.1 Å². The molecule has 0 aromatic heterocycles. The first-order valence-electron chi connectivity index (χ1n) is 6.83. The SMILES string of the molecule is CCOc1ccccc1C(=O)Nc1c(C)cc(Br)cc1C. The molecule has 110 valence electrons. The van der Waals surface area contributed by atoms with E-state index in [1.165, 1.54) is 0 Å². The maximum absolute atomic E-state index is 12.5. The molecule has 0 aliphatic carbocycles. The minimum Gasteiger partial charge on any atom is -0.493 e. The molecule has 4 heteroatoms. The molecule has 2 aromatic rings. The molecule has 2 rings (SSSR count). The first kappa shape index (κ1) is 15.6. The van der Waals surface area contributed by atoms with Crippen LogP contribution < -0.4 is 10.1 Å². The summed E-state index contributed by atoms with van der Waals surface area (Å²) in [5.74, 6) is 0.442. The first-order chi connectivity index (χ1) is 10.0. The number of carbonyl (C=O) groups is 1. The van der Waals surface area contributed by atoms with Crippen LogP contribution >= 0.6 is 15.9 Å². The van der Waals surface area contributed by atoms with Crippen LogP contribution in [0.5, 0.6) is 5.75 Å². The monoisotopic (exact) mass is 347 g/mol. The van der Waals surface area contributed by atoms with Gasteiger partial charge in [0, 0.05) is 10.2 Å². The third kappa shape index (κ3) is 3.64. The zero-order valence-corrected chi connectivity index (χ0v) is 14.0. The number of hydrogen-bond donors (Lipinski definition) is 1. The average Bonchev–Trinajstić information content (AvgIpc) is 2.43. The van der Waals surface area contributed by atoms with Crippen LogP contribution in [0.4, 0.5) is 5.69 Å². The second-order valence-electron chi connectivity index (χ2n) is 4.80. The van der Waals surface area contributed by atoms with Crippen LogP contribution in [0, 0.1) is 13.8 Å². The van der Waals surface area contributed by atoms with Gasteiger partial charge in [0.15, 0.2) is 0 Å². The van der Waals surface area contributed by atoms with Gasteiger partial charge in [-0.1, -0.05) is 28.1 Å². The number of anilines is 1. The highest BCUT2D eigenvalue weighted by molar-refractivity contribution is 9.10. The summed E-state index contributed by atoms with van der Waals surface area (Å²) >= 11 is 3.46. The lowest BCUT2D eigenvalue weighted by Crippen LogP contribution is -2.15. The predicted molar refractivity (Wildman–Crippen MR) is 89.2 cm³/mol. The molecule has 0 spiro atoms. The molecule has 0 saturated carbocycles. The number of aryl methyl sites for hydroxylation is 2. The van der Waals surface area contributed by atoms with Crippen molar-refractivity contribution in [2.75, 3.05) is 11.9 Å². The summed E-state index contributed by atoms with van der Waals surface area (Å²) in [6, 6.07) is 11.2. The summed E-state index contributed by atoms with van der Waals surface area (Å²) in [6.45, 7) is 6.38. The maximum Gasteiger partial charge on any atom is 0.259 e. The Kier molecular flexibility index (Phi) is 5.02. The molecular formula is C17H18BrNO2. The molecule has 0 aliphatic heterocycles. The van der Waals surface area contributed by atoms with Crippen molar-refractivity contribution in [2.45, 2.75) is 20.8 Å². The lowest BCUT2D eigenvalue weighted by atomic mass is 10.1. The summed E-state index contributed by atoms with van der Waals surface area (Å²) in [5, 5.41) is 2.98. The van der Waals surface area contributed by atoms with Gasteiger partial charge in [-0.15, -0.1) is 0 Å². The summed E-state index contributed by atoms with van der Waals surface area (Å²) in [6.07, 6.45) is 0. The molecule has 0 saturated heterocycles. The molecule has 1 N–H and O–H groups in total. The normalized spacial score (nSPS) is 10.3. The minimum absolute atomic E-state index is 0.160. The Balaban J connectivity index is 2.31. The predicted octanol–water partition coefficient (Wildman–Crippen LogP) is 4.72. The van der Waals surface area contributed by atoms with E-state index in [2.05, 4.69) is 21.2 Å². The van der Waals surface area contributed by atoms with Crippen molar-refractivity contribution in [1.29, 1.82) is 0 Å². The van der Waals surface area contributed by atoms with Crippen LogP contribution in [-0.2, 0) is 0 Å². The minimum atomic E-state index is -0.160. The topological polar surface area (TPSA) is 38.3 Å². The van der Waals surface area contributed by atoms with Crippen molar-refractivity contribution >= 4 is 27.5 Å². The van der Waals surface area contributed by atoms with Crippen molar-refractivity contribution < 1.29 is 9.53 Å². The molecule has 0 fully saturated rings. The molecule has 0 atom stereocenters. The summed E-state index contributed by atoms with van der Waals surface area (Å²) in [7, 11) is 0. The number of rotatable bonds is 4. The van der Waals surface area contributed by atoms with E-state index in [0.717, 1.165) is 21.3 Å². The van der Waals surface area contributed by atoms with Gasteiger partial charge in [-0.2, -0.15) is 0 Å². The lowest BCUT2D eigenvalue weighted by Gasteiger charge is -2.14. The van der Waals surface area contributed by atoms with Crippen molar-refractivity contribution in [2.24, 2.45) is 0 Å². The smallest absolute Gasteiger partial charge is 0.259 e. The number of carbonyl (C=O) groups excluding carboxylic acids is 1. The molecule has 0 radical (unpaired) electrons. The zero-order valence-electron chi connectivity index (χ0n) is 12.4. The number of halogens is 1. The molecule has 21 heavy (non-hydrogen) atoms. The standard InChI is InChI=1S/C17H18BrNO2/c1-4-21-15-8-6-5-7-14(15)17(20)19-16-11(2)9-13(18)10-12(16)3/h5-10H,4H2,1-3H3,(H,19,20). The highest BCUT2D eigenvalue weighted by Gasteiger charge is 2.14. The van der Waals surface area contributed by atoms with Gasteiger partial charge in [-0.3, -0.25) is 4.79 Å². The third-order valence-corrected chi connectivity index (χ3v) is 3.63. The quantitative estimate of drug-likeness (QED) is 0.868. The summed E-state index contributed by atoms with van der Waals surface area (Å²) in [5.41, 5.74) is 3.42. The summed E-state index contributed by atoms with van der Waals surface area (Å²) in [4.78, 5) is 12.5. The molecule has 0 heterocycles. The maximum atomic E-state index is 12.5. The number of amides is 1. The Morgan fingerprint density at radius 2 is 1.81 bits per heavy atom. The second kappa shape index (κ2) is 6.76. The molecule has 2 aromatic carbocycles. The fraction of sp³-hybridized carbons (Fsp3) is 0.235. The van der Waals surface area contributed by atoms with Gasteiger partial charge in [0.25, 0.3) is 5.91 Å². The molecule has 0 bridgehead atoms. The van der Waals surface area contributed by atoms with Gasteiger partial charge < -0.3 is 10.1 Å². The van der Waals surface area contributed by atoms with Crippen LogP contribution in [0.1, 0.15) is 28.4 Å². The zero-order chi connectivity index (χ0) is 15.4. The number of benzene rings is 2. The number of para-hydroxylation sites is 1. The first-order valence-corrected chi connectivity index (χ1v) is 7.62. The Labute approximate surface area is 133 Å². The highest BCUT2D eigenvalue weighted by atomic mass is 79.9. The van der Waals surface area contributed by atoms with Crippen LogP contribution in [0.15, 0.2) is 40.9 Å². The van der Waals surface area contributed by atoms with Gasteiger partial charge in [0.1, 0.15) is 5.75 Å². The fourth-order valence-corrected chi connectivity index (χ4v) is 2.91. The van der Waals surface area contributed by atoms with Gasteiger partial charge in [0.05, 0.1) is 12.2 Å². The Morgan fingerprint density at radius 1 is 1.19 bits per heavy atom. The van der Waals surface area contributed by atoms with Gasteiger partial charge in [-0.25, -0.2) is 0 Å². The van der Waals surface area contributed by atoms with Crippen molar-refractivity contribution in [1.82, 2.24) is 0 Å². The number of nitrogens with one attached hydrogen (secondary N) is 1. The fourth-order valence-electron chi connectivity index (χ4n) is 2.22. The molecule has 0 unspecified atom stereocenters. The van der Waals surface area contributed by atoms with Crippen LogP contribution in [-0.4, -0.2) is 12.5 Å². The van der Waals surface area contributed by atoms with E-state index in [1.807, 2.05) is 45.0 Å². The molecule has 0 aliphatic rings. The average molecular weight is 348 g/mol. The van der Waals surface area contributed by atoms with E-state index in [4.69, 9.17) is 4.74 Å². The van der Waals surface area contributed by atoms with E-state index in [0.29, 0.717) is 17.9 Å². The third-order valence-electron chi connectivity index (χ3n) is 3.17. The van der Waals surface area contributed by atoms with Gasteiger partial charge in [-0.05, 0) is 56.2 Å². The van der Waals surface area contributed by atoms with Crippen molar-refractivity contribution in [3.05, 3.63) is 57.6 Å². The van der Waals surface area contributed by atoms with E-state index in [-0.39, 0.29) is 5.91 Å². The van der Waals surface area contributed by atoms with Crippen LogP contribution in [0.3, 0.4) is 0 Å². The molecular weight excluding hydrogens is 330 g/mol. The Morgan fingerprint density at radius 3 is 2.43 bits per heavy atom. The molecule has 1 amide bonds. The lowest BCUT2D eigenvalue weighted by molar-refractivity contribution is 0.102. The van der Waals surface area contributed by atoms with Gasteiger partial charge in [0.2, 0.25) is 0 Å². The van der Waals surface area contributed by atoms with Gasteiger partial charge >= 0.3 is 0 Å². The number of ether oxygens (including phenoxy) is 1. The summed E-state index contributed by atoms with van der Waals surface area (Å²) < 4.78 is 6.51. The van der Waals surface area contributed by atoms with E-state index >= 15 is 0 Å². The Bertz CT molecular complexity index is 645. The van der Waals surface area contributed by atoms with Crippen LogP contribution in [0.2, 0.25) is 0 Å². The second-order valence-corrected chi connectivity index (χ2v) is 5.71. The highest BCUT2D eigenvalue weighted by Crippen LogP contribution is 2.27. The van der Waals surface area contributed by atoms with Crippen molar-refractivity contribution in [3.63, 3.8) is 0 Å². The Hall–Kier alpha value is -1.81. The largest absolute Gasteiger partial charge is 0.493 e. The molecule has 3 nitrogen and oxygen atoms in total. The van der Waals surface area contributed by atoms with Crippen molar-refractivity contribution in [3.8, 4) is 5.75 Å². The number of hydrogen-bond acceptors (Lipinski definition) is 2. The van der Waals surface area contributed by atoms with E-state index < -0.39 is 0 Å². The van der Waals surface area contributed by atoms with E-state index in [9.17, 15) is 4.79 Å².